The molecule has 0 saturated carbocycles. The maximum atomic E-state index is 12.6. The smallest absolute Gasteiger partial charge is 0.270 e. The average molecular weight is 311 g/mol. The number of aryl methyl sites for hydroxylation is 1. The molecule has 0 unspecified atom stereocenters. The zero-order valence-electron chi connectivity index (χ0n) is 13.3. The predicted molar refractivity (Wildman–Crippen MR) is 91.0 cm³/mol. The predicted octanol–water partition coefficient (Wildman–Crippen LogP) is 2.04. The lowest BCUT2D eigenvalue weighted by molar-refractivity contribution is 0.0760. The molecule has 1 aliphatic rings. The van der Waals surface area contributed by atoms with E-state index in [9.17, 15) is 9.59 Å². The topological polar surface area (TPSA) is 56.4 Å². The van der Waals surface area contributed by atoms with Crippen LogP contribution >= 0.6 is 0 Å². The average Bonchev–Trinajstić information content (AvgIpc) is 2.80. The van der Waals surface area contributed by atoms with Crippen molar-refractivity contribution in [2.45, 2.75) is 13.3 Å². The Labute approximate surface area is 135 Å². The van der Waals surface area contributed by atoms with Crippen LogP contribution in [0, 0.1) is 6.92 Å². The standard InChI is InChI=1S/C18H21N3O2/c1-14-12-16(19-17(22)13-14)18(23)21-9-5-8-20(10-11-21)15-6-3-2-4-7-15/h2-4,6-7,12-13H,5,8-11H2,1H3,(H,19,22). The van der Waals surface area contributed by atoms with Crippen LogP contribution in [-0.4, -0.2) is 42.0 Å². The van der Waals surface area contributed by atoms with Crippen molar-refractivity contribution in [2.75, 3.05) is 31.1 Å². The van der Waals surface area contributed by atoms with Crippen LogP contribution in [0.25, 0.3) is 0 Å². The first-order valence-electron chi connectivity index (χ1n) is 7.94. The number of nitrogens with one attached hydrogen (secondary N) is 1. The van der Waals surface area contributed by atoms with Gasteiger partial charge in [0.25, 0.3) is 5.91 Å². The summed E-state index contributed by atoms with van der Waals surface area (Å²) in [5.74, 6) is -0.0966. The fourth-order valence-electron chi connectivity index (χ4n) is 2.98. The highest BCUT2D eigenvalue weighted by molar-refractivity contribution is 5.92. The lowest BCUT2D eigenvalue weighted by Crippen LogP contribution is -2.36. The number of aromatic amines is 1. The van der Waals surface area contributed by atoms with E-state index >= 15 is 0 Å². The van der Waals surface area contributed by atoms with Crippen molar-refractivity contribution in [1.29, 1.82) is 0 Å². The van der Waals surface area contributed by atoms with E-state index in [0.717, 1.165) is 25.1 Å². The third kappa shape index (κ3) is 3.62. The maximum absolute atomic E-state index is 12.6. The first kappa shape index (κ1) is 15.3. The van der Waals surface area contributed by atoms with Gasteiger partial charge in [0.05, 0.1) is 0 Å². The Hall–Kier alpha value is -2.56. The molecule has 23 heavy (non-hydrogen) atoms. The van der Waals surface area contributed by atoms with Crippen LogP contribution in [0.5, 0.6) is 0 Å². The molecule has 0 atom stereocenters. The highest BCUT2D eigenvalue weighted by atomic mass is 16.2. The Balaban J connectivity index is 1.72. The van der Waals surface area contributed by atoms with E-state index in [1.807, 2.05) is 30.0 Å². The van der Waals surface area contributed by atoms with Crippen molar-refractivity contribution in [3.05, 3.63) is 64.1 Å². The molecular formula is C18H21N3O2. The third-order valence-electron chi connectivity index (χ3n) is 4.12. The largest absolute Gasteiger partial charge is 0.370 e. The minimum Gasteiger partial charge on any atom is -0.370 e. The molecule has 5 heteroatoms. The number of pyridine rings is 1. The van der Waals surface area contributed by atoms with E-state index in [1.54, 1.807) is 6.07 Å². The number of hydrogen-bond donors (Lipinski definition) is 1. The normalized spacial score (nSPS) is 15.3. The van der Waals surface area contributed by atoms with Crippen molar-refractivity contribution in [2.24, 2.45) is 0 Å². The summed E-state index contributed by atoms with van der Waals surface area (Å²) in [5.41, 5.74) is 2.14. The summed E-state index contributed by atoms with van der Waals surface area (Å²) >= 11 is 0. The van der Waals surface area contributed by atoms with Gasteiger partial charge in [-0.3, -0.25) is 9.59 Å². The third-order valence-corrected chi connectivity index (χ3v) is 4.12. The van der Waals surface area contributed by atoms with Crippen LogP contribution in [0.2, 0.25) is 0 Å². The molecule has 1 N–H and O–H groups in total. The van der Waals surface area contributed by atoms with E-state index < -0.39 is 0 Å². The lowest BCUT2D eigenvalue weighted by atomic mass is 10.2. The summed E-state index contributed by atoms with van der Waals surface area (Å²) in [7, 11) is 0. The van der Waals surface area contributed by atoms with Gasteiger partial charge in [-0.25, -0.2) is 0 Å². The molecule has 1 aliphatic heterocycles. The van der Waals surface area contributed by atoms with Crippen molar-refractivity contribution in [1.82, 2.24) is 9.88 Å². The van der Waals surface area contributed by atoms with Crippen molar-refractivity contribution >= 4 is 11.6 Å². The van der Waals surface area contributed by atoms with E-state index in [-0.39, 0.29) is 11.5 Å². The van der Waals surface area contributed by atoms with Gasteiger partial charge in [-0.05, 0) is 37.1 Å². The zero-order chi connectivity index (χ0) is 16.2. The van der Waals surface area contributed by atoms with Gasteiger partial charge in [-0.15, -0.1) is 0 Å². The van der Waals surface area contributed by atoms with Gasteiger partial charge in [-0.2, -0.15) is 0 Å². The minimum atomic E-state index is -0.228. The second-order valence-electron chi connectivity index (χ2n) is 5.90. The molecule has 1 aromatic heterocycles. The molecule has 1 amide bonds. The molecule has 3 rings (SSSR count). The summed E-state index contributed by atoms with van der Waals surface area (Å²) in [6.45, 7) is 4.91. The number of carbonyl (C=O) groups excluding carboxylic acids is 1. The van der Waals surface area contributed by atoms with Crippen LogP contribution in [-0.2, 0) is 0 Å². The maximum Gasteiger partial charge on any atom is 0.270 e. The van der Waals surface area contributed by atoms with E-state index in [2.05, 4.69) is 22.0 Å². The Morgan fingerprint density at radius 2 is 1.83 bits per heavy atom. The molecular weight excluding hydrogens is 290 g/mol. The molecule has 0 aliphatic carbocycles. The van der Waals surface area contributed by atoms with Crippen molar-refractivity contribution in [3.63, 3.8) is 0 Å². The van der Waals surface area contributed by atoms with Gasteiger partial charge in [-0.1, -0.05) is 18.2 Å². The molecule has 1 saturated heterocycles. The number of aromatic nitrogens is 1. The summed E-state index contributed by atoms with van der Waals surface area (Å²) in [5, 5.41) is 0. The fraction of sp³-hybridized carbons (Fsp3) is 0.333. The highest BCUT2D eigenvalue weighted by Crippen LogP contribution is 2.16. The second-order valence-corrected chi connectivity index (χ2v) is 5.90. The van der Waals surface area contributed by atoms with E-state index in [0.29, 0.717) is 18.8 Å². The van der Waals surface area contributed by atoms with Crippen molar-refractivity contribution in [3.8, 4) is 0 Å². The number of rotatable bonds is 2. The minimum absolute atomic E-state index is 0.0966. The fourth-order valence-corrected chi connectivity index (χ4v) is 2.98. The monoisotopic (exact) mass is 311 g/mol. The highest BCUT2D eigenvalue weighted by Gasteiger charge is 2.21. The summed E-state index contributed by atoms with van der Waals surface area (Å²) in [6, 6.07) is 13.5. The van der Waals surface area contributed by atoms with Gasteiger partial charge in [0.15, 0.2) is 0 Å². The first-order chi connectivity index (χ1) is 11.1. The zero-order valence-corrected chi connectivity index (χ0v) is 13.3. The second kappa shape index (κ2) is 6.69. The summed E-state index contributed by atoms with van der Waals surface area (Å²) in [4.78, 5) is 31.0. The number of amides is 1. The molecule has 1 aromatic carbocycles. The van der Waals surface area contributed by atoms with Gasteiger partial charge in [0.2, 0.25) is 5.56 Å². The number of carbonyl (C=O) groups is 1. The molecule has 2 heterocycles. The van der Waals surface area contributed by atoms with Crippen LogP contribution < -0.4 is 10.5 Å². The van der Waals surface area contributed by atoms with Gasteiger partial charge < -0.3 is 14.8 Å². The Kier molecular flexibility index (Phi) is 4.46. The van der Waals surface area contributed by atoms with Gasteiger partial charge in [0.1, 0.15) is 5.69 Å². The lowest BCUT2D eigenvalue weighted by Gasteiger charge is -2.23. The van der Waals surface area contributed by atoms with Crippen LogP contribution in [0.1, 0.15) is 22.5 Å². The number of para-hydroxylation sites is 1. The molecule has 0 spiro atoms. The first-order valence-corrected chi connectivity index (χ1v) is 7.94. The number of anilines is 1. The van der Waals surface area contributed by atoms with E-state index in [4.69, 9.17) is 0 Å². The Bertz CT molecular complexity index is 739. The van der Waals surface area contributed by atoms with Gasteiger partial charge in [0, 0.05) is 37.9 Å². The quantitative estimate of drug-likeness (QED) is 0.923. The number of hydrogen-bond acceptors (Lipinski definition) is 3. The Morgan fingerprint density at radius 3 is 2.57 bits per heavy atom. The number of H-pyrrole nitrogens is 1. The van der Waals surface area contributed by atoms with Crippen LogP contribution in [0.4, 0.5) is 5.69 Å². The molecule has 120 valence electrons. The van der Waals surface area contributed by atoms with Crippen LogP contribution in [0.15, 0.2) is 47.3 Å². The van der Waals surface area contributed by atoms with Crippen molar-refractivity contribution < 1.29 is 4.79 Å². The Morgan fingerprint density at radius 1 is 1.04 bits per heavy atom. The molecule has 1 fully saturated rings. The van der Waals surface area contributed by atoms with E-state index in [1.165, 1.54) is 11.8 Å². The van der Waals surface area contributed by atoms with Crippen LogP contribution in [0.3, 0.4) is 0 Å². The summed E-state index contributed by atoms with van der Waals surface area (Å²) in [6.07, 6.45) is 0.913. The molecule has 2 aromatic rings. The number of nitrogens with zero attached hydrogens (tertiary/aromatic N) is 2. The molecule has 0 radical (unpaired) electrons. The number of benzene rings is 1. The van der Waals surface area contributed by atoms with Gasteiger partial charge >= 0.3 is 0 Å². The molecule has 5 nitrogen and oxygen atoms in total. The molecule has 0 bridgehead atoms. The summed E-state index contributed by atoms with van der Waals surface area (Å²) < 4.78 is 0. The SMILES string of the molecule is Cc1cc(C(=O)N2CCCN(c3ccccc3)CC2)[nH]c(=O)c1.